The van der Waals surface area contributed by atoms with E-state index >= 15 is 0 Å². The van der Waals surface area contributed by atoms with E-state index in [4.69, 9.17) is 16.2 Å². The average Bonchev–Trinajstić information content (AvgIpc) is 2.60. The van der Waals surface area contributed by atoms with Crippen LogP contribution in [0.15, 0.2) is 0 Å². The summed E-state index contributed by atoms with van der Waals surface area (Å²) in [5.74, 6) is -0.352. The van der Waals surface area contributed by atoms with Gasteiger partial charge in [0.1, 0.15) is 10.6 Å². The number of rotatable bonds is 6. The van der Waals surface area contributed by atoms with Crippen LogP contribution in [0.25, 0.3) is 0 Å². The molecule has 0 saturated carbocycles. The second-order valence-electron chi connectivity index (χ2n) is 3.89. The van der Waals surface area contributed by atoms with Crippen LogP contribution in [0.1, 0.15) is 24.2 Å². The summed E-state index contributed by atoms with van der Waals surface area (Å²) in [4.78, 5) is 13.4. The fraction of sp³-hybridized carbons (Fsp3) is 0.600. The lowest BCUT2D eigenvalue weighted by atomic mass is 10.2. The molecule has 96 valence electrons. The standard InChI is InChI=1S/C10H18N4O2S/c1-6(2)14(4-5-16-3)10-7(9(12)15)8(11)13-17-10/h6H,4-5H2,1-3H3,(H2,11,13)(H2,12,15). The summed E-state index contributed by atoms with van der Waals surface area (Å²) in [6.45, 7) is 5.27. The maximum absolute atomic E-state index is 11.4. The van der Waals surface area contributed by atoms with Crippen LogP contribution in [-0.4, -0.2) is 36.6 Å². The van der Waals surface area contributed by atoms with Crippen LogP contribution in [0.4, 0.5) is 10.8 Å². The Balaban J connectivity index is 3.05. The Morgan fingerprint density at radius 3 is 2.71 bits per heavy atom. The van der Waals surface area contributed by atoms with Crippen LogP contribution in [0.3, 0.4) is 0 Å². The molecule has 6 nitrogen and oxygen atoms in total. The van der Waals surface area contributed by atoms with E-state index in [1.54, 1.807) is 7.11 Å². The monoisotopic (exact) mass is 258 g/mol. The molecule has 0 unspecified atom stereocenters. The summed E-state index contributed by atoms with van der Waals surface area (Å²) in [5, 5.41) is 0.710. The molecule has 0 fully saturated rings. The molecule has 0 aromatic carbocycles. The Labute approximate surface area is 105 Å². The summed E-state index contributed by atoms with van der Waals surface area (Å²) >= 11 is 1.19. The number of amides is 1. The van der Waals surface area contributed by atoms with E-state index in [1.165, 1.54) is 11.5 Å². The minimum absolute atomic E-state index is 0.195. The molecule has 0 atom stereocenters. The molecular formula is C10H18N4O2S. The van der Waals surface area contributed by atoms with Crippen molar-refractivity contribution in [3.8, 4) is 0 Å². The van der Waals surface area contributed by atoms with Crippen LogP contribution >= 0.6 is 11.5 Å². The van der Waals surface area contributed by atoms with Gasteiger partial charge in [-0.3, -0.25) is 4.79 Å². The number of carbonyl (C=O) groups is 1. The highest BCUT2D eigenvalue weighted by atomic mass is 32.1. The molecule has 0 aliphatic carbocycles. The van der Waals surface area contributed by atoms with E-state index in [0.29, 0.717) is 23.7 Å². The van der Waals surface area contributed by atoms with Crippen LogP contribution in [0.5, 0.6) is 0 Å². The smallest absolute Gasteiger partial charge is 0.255 e. The number of hydrogen-bond acceptors (Lipinski definition) is 6. The number of carbonyl (C=O) groups excluding carboxylic acids is 1. The van der Waals surface area contributed by atoms with Gasteiger partial charge in [0.15, 0.2) is 5.82 Å². The van der Waals surface area contributed by atoms with Gasteiger partial charge in [0.25, 0.3) is 5.91 Å². The number of nitrogens with zero attached hydrogens (tertiary/aromatic N) is 2. The summed E-state index contributed by atoms with van der Waals surface area (Å²) in [6, 6.07) is 0.211. The van der Waals surface area contributed by atoms with E-state index in [-0.39, 0.29) is 11.9 Å². The SMILES string of the molecule is COCCN(c1snc(N)c1C(N)=O)C(C)C. The van der Waals surface area contributed by atoms with Gasteiger partial charge in [-0.05, 0) is 25.4 Å². The van der Waals surface area contributed by atoms with Gasteiger partial charge in [0, 0.05) is 19.7 Å². The van der Waals surface area contributed by atoms with E-state index in [9.17, 15) is 4.79 Å². The minimum atomic E-state index is -0.547. The third-order valence-electron chi connectivity index (χ3n) is 2.37. The number of ether oxygens (including phenoxy) is 1. The first-order valence-corrected chi connectivity index (χ1v) is 6.06. The number of aromatic nitrogens is 1. The molecular weight excluding hydrogens is 240 g/mol. The van der Waals surface area contributed by atoms with Gasteiger partial charge < -0.3 is 21.1 Å². The van der Waals surface area contributed by atoms with Crippen LogP contribution < -0.4 is 16.4 Å². The van der Waals surface area contributed by atoms with Crippen LogP contribution in [0.2, 0.25) is 0 Å². The van der Waals surface area contributed by atoms with E-state index in [1.807, 2.05) is 18.7 Å². The van der Waals surface area contributed by atoms with Gasteiger partial charge in [-0.1, -0.05) is 0 Å². The molecule has 1 rings (SSSR count). The predicted octanol–water partition coefficient (Wildman–Crippen LogP) is 0.685. The molecule has 0 aliphatic rings. The molecule has 7 heteroatoms. The van der Waals surface area contributed by atoms with Gasteiger partial charge in [-0.15, -0.1) is 0 Å². The minimum Gasteiger partial charge on any atom is -0.383 e. The molecule has 0 bridgehead atoms. The maximum atomic E-state index is 11.4. The Morgan fingerprint density at radius 2 is 2.24 bits per heavy atom. The molecule has 0 radical (unpaired) electrons. The quantitative estimate of drug-likeness (QED) is 0.782. The normalized spacial score (nSPS) is 10.8. The zero-order chi connectivity index (χ0) is 13.0. The number of nitrogen functional groups attached to an aromatic ring is 1. The third kappa shape index (κ3) is 3.07. The predicted molar refractivity (Wildman–Crippen MR) is 69.4 cm³/mol. The highest BCUT2D eigenvalue weighted by Gasteiger charge is 2.23. The number of methoxy groups -OCH3 is 1. The topological polar surface area (TPSA) is 94.5 Å². The van der Waals surface area contributed by atoms with E-state index in [2.05, 4.69) is 4.37 Å². The van der Waals surface area contributed by atoms with Gasteiger partial charge in [0.05, 0.1) is 6.61 Å². The number of hydrogen-bond donors (Lipinski definition) is 2. The second-order valence-corrected chi connectivity index (χ2v) is 4.64. The lowest BCUT2D eigenvalue weighted by molar-refractivity contribution is 0.100. The largest absolute Gasteiger partial charge is 0.383 e. The van der Waals surface area contributed by atoms with Gasteiger partial charge >= 0.3 is 0 Å². The Morgan fingerprint density at radius 1 is 1.59 bits per heavy atom. The van der Waals surface area contributed by atoms with Crippen LogP contribution in [0, 0.1) is 0 Å². The van der Waals surface area contributed by atoms with Gasteiger partial charge in [-0.25, -0.2) is 0 Å². The molecule has 1 aromatic heterocycles. The number of anilines is 2. The molecule has 1 aromatic rings. The van der Waals surface area contributed by atoms with Crippen molar-refractivity contribution in [1.82, 2.24) is 4.37 Å². The zero-order valence-electron chi connectivity index (χ0n) is 10.3. The average molecular weight is 258 g/mol. The van der Waals surface area contributed by atoms with E-state index in [0.717, 1.165) is 0 Å². The first-order valence-electron chi connectivity index (χ1n) is 5.29. The Hall–Kier alpha value is -1.34. The van der Waals surface area contributed by atoms with Crippen LogP contribution in [-0.2, 0) is 4.74 Å². The highest BCUT2D eigenvalue weighted by Crippen LogP contribution is 2.31. The highest BCUT2D eigenvalue weighted by molar-refractivity contribution is 7.11. The summed E-state index contributed by atoms with van der Waals surface area (Å²) in [7, 11) is 1.63. The first-order chi connectivity index (χ1) is 7.99. The Bertz CT molecular complexity index is 392. The summed E-state index contributed by atoms with van der Waals surface area (Å²) < 4.78 is 9.03. The third-order valence-corrected chi connectivity index (χ3v) is 3.27. The fourth-order valence-electron chi connectivity index (χ4n) is 1.50. The van der Waals surface area contributed by atoms with Crippen molar-refractivity contribution < 1.29 is 9.53 Å². The van der Waals surface area contributed by atoms with Crippen molar-refractivity contribution in [2.75, 3.05) is 30.9 Å². The molecule has 1 amide bonds. The van der Waals surface area contributed by atoms with Crippen molar-refractivity contribution in [1.29, 1.82) is 0 Å². The summed E-state index contributed by atoms with van der Waals surface area (Å²) in [6.07, 6.45) is 0. The molecule has 0 aliphatic heterocycles. The number of primary amides is 1. The second kappa shape index (κ2) is 5.83. The number of nitrogens with two attached hydrogens (primary N) is 2. The van der Waals surface area contributed by atoms with Crippen molar-refractivity contribution in [2.45, 2.75) is 19.9 Å². The van der Waals surface area contributed by atoms with Gasteiger partial charge in [0.2, 0.25) is 0 Å². The lowest BCUT2D eigenvalue weighted by Crippen LogP contribution is -2.34. The summed E-state index contributed by atoms with van der Waals surface area (Å²) in [5.41, 5.74) is 11.3. The zero-order valence-corrected chi connectivity index (χ0v) is 11.1. The Kier molecular flexibility index (Phi) is 4.71. The van der Waals surface area contributed by atoms with Gasteiger partial charge in [-0.2, -0.15) is 4.37 Å². The first kappa shape index (κ1) is 13.7. The molecule has 1 heterocycles. The van der Waals surface area contributed by atoms with Crippen molar-refractivity contribution >= 4 is 28.3 Å². The van der Waals surface area contributed by atoms with Crippen molar-refractivity contribution in [3.63, 3.8) is 0 Å². The molecule has 4 N–H and O–H groups in total. The van der Waals surface area contributed by atoms with Crippen molar-refractivity contribution in [2.24, 2.45) is 5.73 Å². The van der Waals surface area contributed by atoms with Crippen molar-refractivity contribution in [3.05, 3.63) is 5.56 Å². The molecule has 17 heavy (non-hydrogen) atoms. The molecule has 0 spiro atoms. The lowest BCUT2D eigenvalue weighted by Gasteiger charge is -2.27. The fourth-order valence-corrected chi connectivity index (χ4v) is 2.48. The van der Waals surface area contributed by atoms with E-state index < -0.39 is 5.91 Å². The maximum Gasteiger partial charge on any atom is 0.255 e. The molecule has 0 saturated heterocycles.